The van der Waals surface area contributed by atoms with Crippen LogP contribution in [0.15, 0.2) is 35.4 Å². The highest BCUT2D eigenvalue weighted by Crippen LogP contribution is 2.33. The smallest absolute Gasteiger partial charge is 0.222 e. The number of para-hydroxylation sites is 1. The van der Waals surface area contributed by atoms with Crippen molar-refractivity contribution in [1.82, 2.24) is 9.97 Å². The number of hydrogen-bond acceptors (Lipinski definition) is 7. The van der Waals surface area contributed by atoms with Gasteiger partial charge in [0.15, 0.2) is 5.82 Å². The molecule has 0 aliphatic carbocycles. The number of amidine groups is 1. The normalized spacial score (nSPS) is 12.9. The highest BCUT2D eigenvalue weighted by atomic mass is 32.2. The Morgan fingerprint density at radius 1 is 1.20 bits per heavy atom. The minimum atomic E-state index is 0.298. The highest BCUT2D eigenvalue weighted by molar-refractivity contribution is 8.14. The van der Waals surface area contributed by atoms with Crippen molar-refractivity contribution in [3.63, 3.8) is 0 Å². The number of nitrogens with two attached hydrogens (primary N) is 1. The van der Waals surface area contributed by atoms with Crippen LogP contribution >= 0.6 is 11.8 Å². The molecule has 6 nitrogen and oxygen atoms in total. The Hall–Kier alpha value is -2.28. The van der Waals surface area contributed by atoms with Crippen molar-refractivity contribution in [2.24, 2.45) is 5.10 Å². The maximum atomic E-state index is 5.83. The van der Waals surface area contributed by atoms with Crippen LogP contribution in [0.25, 0.3) is 0 Å². The van der Waals surface area contributed by atoms with Crippen LogP contribution in [0.5, 0.6) is 5.75 Å². The molecule has 132 valence electrons. The maximum Gasteiger partial charge on any atom is 0.222 e. The van der Waals surface area contributed by atoms with Gasteiger partial charge in [-0.2, -0.15) is 9.99 Å². The molecule has 1 aromatic carbocycles. The number of aromatic nitrogens is 2. The fourth-order valence-corrected chi connectivity index (χ4v) is 3.22. The van der Waals surface area contributed by atoms with Crippen LogP contribution in [0.2, 0.25) is 0 Å². The molecule has 0 unspecified atom stereocenters. The second-order valence-corrected chi connectivity index (χ2v) is 6.84. The minimum absolute atomic E-state index is 0.298. The Morgan fingerprint density at radius 2 is 2.00 bits per heavy atom. The van der Waals surface area contributed by atoms with Gasteiger partial charge in [-0.1, -0.05) is 43.3 Å². The van der Waals surface area contributed by atoms with Gasteiger partial charge in [-0.3, -0.25) is 0 Å². The van der Waals surface area contributed by atoms with Crippen molar-refractivity contribution in [1.29, 1.82) is 0 Å². The van der Waals surface area contributed by atoms with Crippen LogP contribution < -0.4 is 15.5 Å². The molecule has 3 rings (SSSR count). The van der Waals surface area contributed by atoms with Crippen molar-refractivity contribution >= 4 is 28.7 Å². The third-order valence-corrected chi connectivity index (χ3v) is 4.73. The molecule has 0 saturated heterocycles. The van der Waals surface area contributed by atoms with Gasteiger partial charge in [0.25, 0.3) is 0 Å². The van der Waals surface area contributed by atoms with E-state index in [1.807, 2.05) is 42.3 Å². The fraction of sp³-hybridized carbons (Fsp3) is 0.389. The van der Waals surface area contributed by atoms with E-state index in [0.29, 0.717) is 12.6 Å². The van der Waals surface area contributed by atoms with E-state index in [0.717, 1.165) is 53.0 Å². The van der Waals surface area contributed by atoms with E-state index in [9.17, 15) is 0 Å². The number of hydrogen-bond donors (Lipinski definition) is 1. The lowest BCUT2D eigenvalue weighted by atomic mass is 10.1. The molecule has 0 atom stereocenters. The average molecular weight is 357 g/mol. The van der Waals surface area contributed by atoms with E-state index in [1.165, 1.54) is 0 Å². The van der Waals surface area contributed by atoms with Gasteiger partial charge in [-0.05, 0) is 31.9 Å². The molecule has 0 amide bonds. The van der Waals surface area contributed by atoms with E-state index >= 15 is 0 Å². The van der Waals surface area contributed by atoms with E-state index in [4.69, 9.17) is 10.5 Å². The average Bonchev–Trinajstić information content (AvgIpc) is 3.38. The summed E-state index contributed by atoms with van der Waals surface area (Å²) in [6.45, 7) is 4.79. The van der Waals surface area contributed by atoms with Gasteiger partial charge in [-0.25, -0.2) is 4.98 Å². The molecule has 1 aliphatic rings. The van der Waals surface area contributed by atoms with Crippen molar-refractivity contribution < 1.29 is 4.74 Å². The molecule has 2 aromatic rings. The molecule has 1 aliphatic heterocycles. The van der Waals surface area contributed by atoms with Crippen molar-refractivity contribution in [2.45, 2.75) is 33.1 Å². The molecule has 0 fully saturated rings. The lowest BCUT2D eigenvalue weighted by Gasteiger charge is -2.12. The highest BCUT2D eigenvalue weighted by Gasteiger charge is 2.31. The molecule has 0 bridgehead atoms. The Labute approximate surface area is 152 Å². The summed E-state index contributed by atoms with van der Waals surface area (Å²) in [5.74, 6) is 2.84. The fourth-order valence-electron chi connectivity index (χ4n) is 2.52. The molecular weight excluding hydrogens is 334 g/mol. The largest absolute Gasteiger partial charge is 0.493 e. The van der Waals surface area contributed by atoms with Crippen molar-refractivity contribution in [2.75, 3.05) is 23.1 Å². The van der Waals surface area contributed by atoms with Gasteiger partial charge in [-0.15, -0.1) is 5.10 Å². The predicted octanol–water partition coefficient (Wildman–Crippen LogP) is 3.61. The first-order valence-corrected chi connectivity index (χ1v) is 9.50. The van der Waals surface area contributed by atoms with Crippen LogP contribution in [0.4, 0.5) is 11.8 Å². The topological polar surface area (TPSA) is 76.4 Å². The number of nitrogen functional groups attached to an aromatic ring is 1. The standard InChI is InChI=1S/C18H23N5OS/c1-3-4-10-15-13(2)20-17(19)21-16(15)23-18(22-23)25-12-11-24-14-8-6-5-7-9-14/h5-9H,3-4,10-12H2,1-2H3,(H2,19,20,21). The van der Waals surface area contributed by atoms with Gasteiger partial charge in [0.2, 0.25) is 11.1 Å². The van der Waals surface area contributed by atoms with E-state index in [-0.39, 0.29) is 0 Å². The van der Waals surface area contributed by atoms with Crippen molar-refractivity contribution in [3.8, 4) is 5.75 Å². The number of benzene rings is 1. The number of thioether (sulfide) groups is 1. The summed E-state index contributed by atoms with van der Waals surface area (Å²) in [4.78, 5) is 8.70. The molecular formula is C18H23N5OS. The van der Waals surface area contributed by atoms with Gasteiger partial charge in [0.1, 0.15) is 5.75 Å². The maximum absolute atomic E-state index is 5.83. The molecule has 1 aromatic heterocycles. The zero-order valence-electron chi connectivity index (χ0n) is 14.6. The van der Waals surface area contributed by atoms with Gasteiger partial charge in [0.05, 0.1) is 6.61 Å². The number of hydrazone groups is 1. The number of aryl methyl sites for hydroxylation is 1. The summed E-state index contributed by atoms with van der Waals surface area (Å²) in [5, 5.41) is 7.25. The van der Waals surface area contributed by atoms with Gasteiger partial charge >= 0.3 is 0 Å². The molecule has 0 spiro atoms. The molecule has 25 heavy (non-hydrogen) atoms. The lowest BCUT2D eigenvalue weighted by molar-refractivity contribution is 0.344. The summed E-state index contributed by atoms with van der Waals surface area (Å²) >= 11 is 1.66. The third kappa shape index (κ3) is 4.63. The predicted molar refractivity (Wildman–Crippen MR) is 104 cm³/mol. The Kier molecular flexibility index (Phi) is 5.75. The van der Waals surface area contributed by atoms with Gasteiger partial charge < -0.3 is 10.5 Å². The van der Waals surface area contributed by atoms with Crippen molar-refractivity contribution in [3.05, 3.63) is 41.6 Å². The SMILES string of the molecule is CCCCc1c(C)nc(N)nc1N1N=C1SCCOc1ccccc1. The third-order valence-electron chi connectivity index (χ3n) is 3.84. The summed E-state index contributed by atoms with van der Waals surface area (Å²) in [6.07, 6.45) is 3.17. The Bertz CT molecular complexity index is 751. The molecule has 2 heterocycles. The van der Waals surface area contributed by atoms with Crippen LogP contribution in [0.1, 0.15) is 31.0 Å². The molecule has 7 heteroatoms. The van der Waals surface area contributed by atoms with Crippen LogP contribution in [0.3, 0.4) is 0 Å². The number of unbranched alkanes of at least 4 members (excludes halogenated alkanes) is 1. The first-order chi connectivity index (χ1) is 12.2. The first kappa shape index (κ1) is 17.5. The number of nitrogens with zero attached hydrogens (tertiary/aromatic N) is 4. The van der Waals surface area contributed by atoms with E-state index in [2.05, 4.69) is 22.0 Å². The molecule has 2 N–H and O–H groups in total. The van der Waals surface area contributed by atoms with Crippen LogP contribution in [-0.4, -0.2) is 27.5 Å². The first-order valence-electron chi connectivity index (χ1n) is 8.51. The van der Waals surface area contributed by atoms with Crippen LogP contribution in [0, 0.1) is 6.92 Å². The zero-order valence-corrected chi connectivity index (χ0v) is 15.4. The summed E-state index contributed by atoms with van der Waals surface area (Å²) in [6, 6.07) is 9.82. The second-order valence-electron chi connectivity index (χ2n) is 5.78. The summed E-state index contributed by atoms with van der Waals surface area (Å²) in [5.41, 5.74) is 7.90. The summed E-state index contributed by atoms with van der Waals surface area (Å²) < 4.78 is 5.70. The van der Waals surface area contributed by atoms with E-state index in [1.54, 1.807) is 11.8 Å². The second kappa shape index (κ2) is 8.20. The number of ether oxygens (including phenoxy) is 1. The monoisotopic (exact) mass is 357 g/mol. The number of rotatable bonds is 8. The Balaban J connectivity index is 1.53. The summed E-state index contributed by atoms with van der Waals surface area (Å²) in [7, 11) is 0. The zero-order chi connectivity index (χ0) is 17.6. The van der Waals surface area contributed by atoms with Crippen LogP contribution in [-0.2, 0) is 6.42 Å². The lowest BCUT2D eigenvalue weighted by Crippen LogP contribution is -2.12. The Morgan fingerprint density at radius 3 is 2.76 bits per heavy atom. The van der Waals surface area contributed by atoms with Gasteiger partial charge in [0, 0.05) is 17.0 Å². The quantitative estimate of drug-likeness (QED) is 0.727. The molecule has 0 radical (unpaired) electrons. The molecule has 0 saturated carbocycles. The number of anilines is 2. The van der Waals surface area contributed by atoms with E-state index < -0.39 is 0 Å². The minimum Gasteiger partial charge on any atom is -0.493 e.